The van der Waals surface area contributed by atoms with Crippen molar-refractivity contribution in [2.75, 3.05) is 37.8 Å². The van der Waals surface area contributed by atoms with Gasteiger partial charge in [-0.3, -0.25) is 0 Å². The lowest BCUT2D eigenvalue weighted by molar-refractivity contribution is 0.270. The van der Waals surface area contributed by atoms with Gasteiger partial charge in [0, 0.05) is 31.9 Å². The Balaban J connectivity index is 1.90. The first kappa shape index (κ1) is 15.1. The third-order valence-corrected chi connectivity index (χ3v) is 4.75. The summed E-state index contributed by atoms with van der Waals surface area (Å²) in [6.45, 7) is 1.92. The second-order valence-corrected chi connectivity index (χ2v) is 6.96. The highest BCUT2D eigenvalue weighted by Gasteiger charge is 2.24. The van der Waals surface area contributed by atoms with E-state index in [0.29, 0.717) is 37.0 Å². The van der Waals surface area contributed by atoms with E-state index >= 15 is 0 Å². The summed E-state index contributed by atoms with van der Waals surface area (Å²) in [5.41, 5.74) is 0.710. The zero-order valence-electron chi connectivity index (χ0n) is 11.0. The predicted octanol–water partition coefficient (Wildman–Crippen LogP) is 1.10. The van der Waals surface area contributed by atoms with Gasteiger partial charge in [-0.2, -0.15) is 4.31 Å². The fourth-order valence-corrected chi connectivity index (χ4v) is 3.09. The highest BCUT2D eigenvalue weighted by molar-refractivity contribution is 7.88. The monoisotopic (exact) mass is 317 g/mol. The van der Waals surface area contributed by atoms with Gasteiger partial charge in [0.25, 0.3) is 0 Å². The van der Waals surface area contributed by atoms with E-state index in [1.807, 2.05) is 4.90 Å². The van der Waals surface area contributed by atoms with E-state index in [-0.39, 0.29) is 5.82 Å². The molecule has 1 aromatic carbocycles. The van der Waals surface area contributed by atoms with Crippen molar-refractivity contribution in [3.8, 4) is 0 Å². The predicted molar refractivity (Wildman–Crippen MR) is 80.6 cm³/mol. The molecule has 0 saturated carbocycles. The minimum atomic E-state index is -3.14. The fraction of sp³-hybridized carbons (Fsp3) is 0.417. The van der Waals surface area contributed by atoms with Gasteiger partial charge in [0.05, 0.1) is 6.26 Å². The molecule has 2 rings (SSSR count). The van der Waals surface area contributed by atoms with Crippen LogP contribution in [0.1, 0.15) is 0 Å². The highest BCUT2D eigenvalue weighted by atomic mass is 32.2. The Kier molecular flexibility index (Phi) is 4.56. The van der Waals surface area contributed by atoms with Gasteiger partial charge in [0.1, 0.15) is 5.82 Å². The molecule has 0 radical (unpaired) electrons. The molecular formula is C12H16FN3O2S2. The Bertz CT molecular complexity index is 581. The number of hydrogen-bond acceptors (Lipinski definition) is 3. The summed E-state index contributed by atoms with van der Waals surface area (Å²) < 4.78 is 37.1. The lowest BCUT2D eigenvalue weighted by atomic mass is 10.3. The van der Waals surface area contributed by atoms with Crippen molar-refractivity contribution >= 4 is 33.0 Å². The summed E-state index contributed by atoms with van der Waals surface area (Å²) >= 11 is 5.27. The molecule has 0 aliphatic carbocycles. The topological polar surface area (TPSA) is 52.7 Å². The van der Waals surface area contributed by atoms with Crippen LogP contribution in [-0.4, -0.2) is 55.2 Å². The van der Waals surface area contributed by atoms with Gasteiger partial charge in [-0.1, -0.05) is 0 Å². The van der Waals surface area contributed by atoms with Gasteiger partial charge >= 0.3 is 0 Å². The lowest BCUT2D eigenvalue weighted by Crippen LogP contribution is -2.51. The number of rotatable bonds is 2. The van der Waals surface area contributed by atoms with Crippen LogP contribution in [0.5, 0.6) is 0 Å². The average Bonchev–Trinajstić information content (AvgIpc) is 2.40. The molecule has 1 saturated heterocycles. The maximum absolute atomic E-state index is 12.8. The van der Waals surface area contributed by atoms with Gasteiger partial charge in [0.15, 0.2) is 5.11 Å². The van der Waals surface area contributed by atoms with Crippen molar-refractivity contribution in [2.45, 2.75) is 0 Å². The van der Waals surface area contributed by atoms with Crippen LogP contribution in [0.25, 0.3) is 0 Å². The van der Waals surface area contributed by atoms with E-state index < -0.39 is 10.0 Å². The Labute approximate surface area is 123 Å². The molecule has 1 N–H and O–H groups in total. The SMILES string of the molecule is CS(=O)(=O)N1CCN(C(=S)Nc2ccc(F)cc2)CC1. The molecule has 0 unspecified atom stereocenters. The van der Waals surface area contributed by atoms with Crippen molar-refractivity contribution in [1.82, 2.24) is 9.21 Å². The third kappa shape index (κ3) is 3.87. The Morgan fingerprint density at radius 2 is 1.75 bits per heavy atom. The molecule has 1 aromatic rings. The third-order valence-electron chi connectivity index (χ3n) is 3.09. The number of piperazine rings is 1. The van der Waals surface area contributed by atoms with E-state index in [1.165, 1.54) is 22.7 Å². The minimum absolute atomic E-state index is 0.303. The molecule has 20 heavy (non-hydrogen) atoms. The van der Waals surface area contributed by atoms with Crippen molar-refractivity contribution < 1.29 is 12.8 Å². The van der Waals surface area contributed by atoms with Gasteiger partial charge in [-0.25, -0.2) is 12.8 Å². The standard InChI is InChI=1S/C12H16FN3O2S2/c1-20(17,18)16-8-6-15(7-9-16)12(19)14-11-4-2-10(13)3-5-11/h2-5H,6-9H2,1H3,(H,14,19). The van der Waals surface area contributed by atoms with Crippen molar-refractivity contribution in [3.05, 3.63) is 30.1 Å². The average molecular weight is 317 g/mol. The van der Waals surface area contributed by atoms with Gasteiger partial charge in [0.2, 0.25) is 10.0 Å². The van der Waals surface area contributed by atoms with E-state index in [9.17, 15) is 12.8 Å². The van der Waals surface area contributed by atoms with E-state index in [1.54, 1.807) is 12.1 Å². The number of nitrogens with zero attached hydrogens (tertiary/aromatic N) is 2. The largest absolute Gasteiger partial charge is 0.346 e. The Morgan fingerprint density at radius 3 is 2.25 bits per heavy atom. The quantitative estimate of drug-likeness (QED) is 0.828. The summed E-state index contributed by atoms with van der Waals surface area (Å²) in [5, 5.41) is 3.53. The first-order valence-corrected chi connectivity index (χ1v) is 8.38. The van der Waals surface area contributed by atoms with Crippen LogP contribution in [0.4, 0.5) is 10.1 Å². The molecule has 0 spiro atoms. The zero-order chi connectivity index (χ0) is 14.8. The highest BCUT2D eigenvalue weighted by Crippen LogP contribution is 2.11. The van der Waals surface area contributed by atoms with E-state index in [4.69, 9.17) is 12.2 Å². The zero-order valence-corrected chi connectivity index (χ0v) is 12.7. The van der Waals surface area contributed by atoms with E-state index in [2.05, 4.69) is 5.32 Å². The molecule has 1 aliphatic rings. The number of nitrogens with one attached hydrogen (secondary N) is 1. The number of benzene rings is 1. The lowest BCUT2D eigenvalue weighted by Gasteiger charge is -2.34. The summed E-state index contributed by atoms with van der Waals surface area (Å²) in [4.78, 5) is 1.90. The van der Waals surface area contributed by atoms with Crippen molar-refractivity contribution in [3.63, 3.8) is 0 Å². The Morgan fingerprint density at radius 1 is 1.20 bits per heavy atom. The maximum atomic E-state index is 12.8. The smallest absolute Gasteiger partial charge is 0.211 e. The molecule has 1 heterocycles. The maximum Gasteiger partial charge on any atom is 0.211 e. The van der Waals surface area contributed by atoms with Crippen molar-refractivity contribution in [2.24, 2.45) is 0 Å². The molecule has 0 amide bonds. The van der Waals surface area contributed by atoms with Crippen LogP contribution in [0.3, 0.4) is 0 Å². The van der Waals surface area contributed by atoms with Crippen molar-refractivity contribution in [1.29, 1.82) is 0 Å². The van der Waals surface area contributed by atoms with Gasteiger partial charge < -0.3 is 10.2 Å². The molecule has 1 aliphatic heterocycles. The number of thiocarbonyl (C=S) groups is 1. The normalized spacial score (nSPS) is 17.0. The molecule has 0 bridgehead atoms. The van der Waals surface area contributed by atoms with Crippen LogP contribution in [0, 0.1) is 5.82 Å². The number of halogens is 1. The first-order valence-electron chi connectivity index (χ1n) is 6.13. The first-order chi connectivity index (χ1) is 9.36. The van der Waals surface area contributed by atoms with Crippen LogP contribution >= 0.6 is 12.2 Å². The summed E-state index contributed by atoms with van der Waals surface area (Å²) in [5.74, 6) is -0.303. The van der Waals surface area contributed by atoms with Crippen LogP contribution in [-0.2, 0) is 10.0 Å². The van der Waals surface area contributed by atoms with Gasteiger partial charge in [-0.15, -0.1) is 0 Å². The fourth-order valence-electron chi connectivity index (χ4n) is 1.96. The molecular weight excluding hydrogens is 301 g/mol. The summed E-state index contributed by atoms with van der Waals surface area (Å²) in [6, 6.07) is 5.92. The second-order valence-electron chi connectivity index (χ2n) is 4.59. The number of sulfonamides is 1. The second kappa shape index (κ2) is 6.02. The van der Waals surface area contributed by atoms with E-state index in [0.717, 1.165) is 0 Å². The summed E-state index contributed by atoms with van der Waals surface area (Å²) in [6.07, 6.45) is 1.21. The van der Waals surface area contributed by atoms with Crippen LogP contribution in [0.15, 0.2) is 24.3 Å². The van der Waals surface area contributed by atoms with Crippen LogP contribution in [0.2, 0.25) is 0 Å². The Hall–Kier alpha value is -1.25. The molecule has 5 nitrogen and oxygen atoms in total. The summed E-state index contributed by atoms with van der Waals surface area (Å²) in [7, 11) is -3.14. The molecule has 1 fully saturated rings. The number of hydrogen-bond donors (Lipinski definition) is 1. The molecule has 0 aromatic heterocycles. The molecule has 0 atom stereocenters. The molecule has 8 heteroatoms. The molecule has 110 valence electrons. The minimum Gasteiger partial charge on any atom is -0.346 e. The van der Waals surface area contributed by atoms with Gasteiger partial charge in [-0.05, 0) is 36.5 Å². The van der Waals surface area contributed by atoms with Crippen LogP contribution < -0.4 is 5.32 Å². The number of anilines is 1.